The minimum Gasteiger partial charge on any atom is -0.493 e. The van der Waals surface area contributed by atoms with Crippen LogP contribution in [0.15, 0.2) is 78.5 Å². The van der Waals surface area contributed by atoms with Gasteiger partial charge in [-0.2, -0.15) is 0 Å². The first kappa shape index (κ1) is 27.5. The van der Waals surface area contributed by atoms with E-state index >= 15 is 0 Å². The van der Waals surface area contributed by atoms with Crippen LogP contribution in [-0.2, 0) is 11.2 Å². The lowest BCUT2D eigenvalue weighted by Crippen LogP contribution is -2.36. The molecular weight excluding hydrogens is 468 g/mol. The Bertz CT molecular complexity index is 1180. The number of amides is 2. The maximum Gasteiger partial charge on any atom is 0.267 e. The SMILES string of the molecule is Cc1ccc(/C=C(\NC(=O)c2ccc(OCCc3ccc(OC(C)C)cc3)cc2)C(=O)NCCO)cc1. The second-order valence-electron chi connectivity index (χ2n) is 8.84. The molecule has 0 aliphatic heterocycles. The van der Waals surface area contributed by atoms with Crippen LogP contribution in [0.1, 0.15) is 40.9 Å². The number of benzene rings is 3. The molecule has 0 heterocycles. The molecular formula is C30H34N2O5. The van der Waals surface area contributed by atoms with Gasteiger partial charge in [0.1, 0.15) is 17.2 Å². The highest BCUT2D eigenvalue weighted by atomic mass is 16.5. The van der Waals surface area contributed by atoms with Gasteiger partial charge in [-0.15, -0.1) is 0 Å². The molecule has 7 heteroatoms. The highest BCUT2D eigenvalue weighted by Crippen LogP contribution is 2.16. The fraction of sp³-hybridized carbons (Fsp3) is 0.267. The molecule has 0 saturated heterocycles. The molecule has 0 atom stereocenters. The average Bonchev–Trinajstić information content (AvgIpc) is 2.89. The molecule has 37 heavy (non-hydrogen) atoms. The summed E-state index contributed by atoms with van der Waals surface area (Å²) in [7, 11) is 0. The minimum atomic E-state index is -0.480. The molecule has 0 fully saturated rings. The standard InChI is InChI=1S/C30H34N2O5/c1-21(2)37-27-12-8-23(9-13-27)16-19-36-26-14-10-25(11-15-26)29(34)32-28(30(35)31-17-18-33)20-24-6-4-22(3)5-7-24/h4-15,20-21,33H,16-19H2,1-3H3,(H,31,35)(H,32,34)/b28-20-. The fourth-order valence-corrected chi connectivity index (χ4v) is 3.44. The van der Waals surface area contributed by atoms with Gasteiger partial charge in [0.05, 0.1) is 19.3 Å². The molecule has 3 aromatic carbocycles. The molecule has 3 N–H and O–H groups in total. The fourth-order valence-electron chi connectivity index (χ4n) is 3.44. The normalized spacial score (nSPS) is 11.2. The molecule has 0 aliphatic carbocycles. The quantitative estimate of drug-likeness (QED) is 0.321. The Kier molecular flexibility index (Phi) is 10.3. The Labute approximate surface area is 218 Å². The van der Waals surface area contributed by atoms with Gasteiger partial charge in [-0.05, 0) is 74.4 Å². The molecule has 194 valence electrons. The molecule has 7 nitrogen and oxygen atoms in total. The van der Waals surface area contributed by atoms with Gasteiger partial charge in [-0.1, -0.05) is 42.0 Å². The van der Waals surface area contributed by atoms with Gasteiger partial charge in [-0.3, -0.25) is 9.59 Å². The lowest BCUT2D eigenvalue weighted by molar-refractivity contribution is -0.117. The van der Waals surface area contributed by atoms with Gasteiger partial charge in [-0.25, -0.2) is 0 Å². The zero-order valence-corrected chi connectivity index (χ0v) is 21.5. The molecule has 0 bridgehead atoms. The highest BCUT2D eigenvalue weighted by Gasteiger charge is 2.14. The molecule has 3 rings (SSSR count). The van der Waals surface area contributed by atoms with Crippen molar-refractivity contribution in [3.05, 3.63) is 101 Å². The Hall–Kier alpha value is -4.10. The van der Waals surface area contributed by atoms with Gasteiger partial charge < -0.3 is 25.2 Å². The number of aliphatic hydroxyl groups is 1. The third kappa shape index (κ3) is 9.13. The van der Waals surface area contributed by atoms with E-state index in [0.717, 1.165) is 28.9 Å². The first-order valence-corrected chi connectivity index (χ1v) is 12.3. The van der Waals surface area contributed by atoms with Crippen LogP contribution in [0.25, 0.3) is 6.08 Å². The minimum absolute atomic E-state index is 0.0852. The largest absolute Gasteiger partial charge is 0.493 e. The van der Waals surface area contributed by atoms with E-state index in [0.29, 0.717) is 17.9 Å². The van der Waals surface area contributed by atoms with E-state index in [-0.39, 0.29) is 25.0 Å². The first-order valence-electron chi connectivity index (χ1n) is 12.3. The molecule has 0 unspecified atom stereocenters. The third-order valence-corrected chi connectivity index (χ3v) is 5.35. The molecule has 0 aliphatic rings. The number of ether oxygens (including phenoxy) is 2. The summed E-state index contributed by atoms with van der Waals surface area (Å²) in [6.07, 6.45) is 2.47. The number of carbonyl (C=O) groups is 2. The molecule has 0 radical (unpaired) electrons. The maximum atomic E-state index is 12.8. The Morgan fingerprint density at radius 2 is 1.57 bits per heavy atom. The highest BCUT2D eigenvalue weighted by molar-refractivity contribution is 6.05. The summed E-state index contributed by atoms with van der Waals surface area (Å²) in [4.78, 5) is 25.4. The van der Waals surface area contributed by atoms with Crippen molar-refractivity contribution in [2.24, 2.45) is 0 Å². The van der Waals surface area contributed by atoms with Crippen LogP contribution in [0.3, 0.4) is 0 Å². The van der Waals surface area contributed by atoms with E-state index in [2.05, 4.69) is 10.6 Å². The number of hydrogen-bond donors (Lipinski definition) is 3. The summed E-state index contributed by atoms with van der Waals surface area (Å²) < 4.78 is 11.5. The van der Waals surface area contributed by atoms with Crippen LogP contribution in [0, 0.1) is 6.92 Å². The average molecular weight is 503 g/mol. The van der Waals surface area contributed by atoms with E-state index < -0.39 is 11.8 Å². The van der Waals surface area contributed by atoms with Crippen LogP contribution in [0.5, 0.6) is 11.5 Å². The van der Waals surface area contributed by atoms with Crippen molar-refractivity contribution in [2.45, 2.75) is 33.3 Å². The zero-order valence-electron chi connectivity index (χ0n) is 21.5. The third-order valence-electron chi connectivity index (χ3n) is 5.35. The number of carbonyl (C=O) groups excluding carboxylic acids is 2. The molecule has 3 aromatic rings. The van der Waals surface area contributed by atoms with Crippen LogP contribution < -0.4 is 20.1 Å². The lowest BCUT2D eigenvalue weighted by atomic mass is 10.1. The predicted octanol–water partition coefficient (Wildman–Crippen LogP) is 4.28. The summed E-state index contributed by atoms with van der Waals surface area (Å²) in [5.41, 5.74) is 3.47. The summed E-state index contributed by atoms with van der Waals surface area (Å²) in [5.74, 6) is 0.586. The van der Waals surface area contributed by atoms with Crippen molar-refractivity contribution in [3.63, 3.8) is 0 Å². The Morgan fingerprint density at radius 1 is 0.919 bits per heavy atom. The van der Waals surface area contributed by atoms with Crippen LogP contribution >= 0.6 is 0 Å². The Balaban J connectivity index is 1.58. The molecule has 0 saturated carbocycles. The van der Waals surface area contributed by atoms with Crippen molar-refractivity contribution in [2.75, 3.05) is 19.8 Å². The van der Waals surface area contributed by atoms with E-state index in [9.17, 15) is 9.59 Å². The van der Waals surface area contributed by atoms with Crippen molar-refractivity contribution in [1.29, 1.82) is 0 Å². The number of rotatable bonds is 12. The maximum absolute atomic E-state index is 12.8. The molecule has 0 spiro atoms. The second kappa shape index (κ2) is 13.8. The van der Waals surface area contributed by atoms with Crippen molar-refractivity contribution < 1.29 is 24.2 Å². The van der Waals surface area contributed by atoms with Crippen molar-refractivity contribution in [3.8, 4) is 11.5 Å². The summed E-state index contributed by atoms with van der Waals surface area (Å²) >= 11 is 0. The zero-order chi connectivity index (χ0) is 26.6. The second-order valence-corrected chi connectivity index (χ2v) is 8.84. The predicted molar refractivity (Wildman–Crippen MR) is 145 cm³/mol. The van der Waals surface area contributed by atoms with Crippen LogP contribution in [-0.4, -0.2) is 42.8 Å². The lowest BCUT2D eigenvalue weighted by Gasteiger charge is -2.12. The first-order chi connectivity index (χ1) is 17.8. The van der Waals surface area contributed by atoms with E-state index in [1.165, 1.54) is 0 Å². The number of hydrogen-bond acceptors (Lipinski definition) is 5. The number of nitrogens with one attached hydrogen (secondary N) is 2. The van der Waals surface area contributed by atoms with Crippen LogP contribution in [0.2, 0.25) is 0 Å². The van der Waals surface area contributed by atoms with Gasteiger partial charge in [0.2, 0.25) is 0 Å². The number of aliphatic hydroxyl groups excluding tert-OH is 1. The van der Waals surface area contributed by atoms with Gasteiger partial charge >= 0.3 is 0 Å². The van der Waals surface area contributed by atoms with Gasteiger partial charge in [0.25, 0.3) is 11.8 Å². The Morgan fingerprint density at radius 3 is 2.19 bits per heavy atom. The van der Waals surface area contributed by atoms with Gasteiger partial charge in [0, 0.05) is 18.5 Å². The monoisotopic (exact) mass is 502 g/mol. The van der Waals surface area contributed by atoms with E-state index in [1.54, 1.807) is 30.3 Å². The summed E-state index contributed by atoms with van der Waals surface area (Å²) in [6.45, 7) is 6.34. The van der Waals surface area contributed by atoms with E-state index in [4.69, 9.17) is 14.6 Å². The smallest absolute Gasteiger partial charge is 0.267 e. The van der Waals surface area contributed by atoms with Gasteiger partial charge in [0.15, 0.2) is 0 Å². The van der Waals surface area contributed by atoms with Crippen LogP contribution in [0.4, 0.5) is 0 Å². The van der Waals surface area contributed by atoms with E-state index in [1.807, 2.05) is 69.3 Å². The summed E-state index contributed by atoms with van der Waals surface area (Å²) in [6, 6.07) is 22.3. The molecule has 0 aromatic heterocycles. The van der Waals surface area contributed by atoms with Crippen molar-refractivity contribution >= 4 is 17.9 Å². The van der Waals surface area contributed by atoms with Crippen molar-refractivity contribution in [1.82, 2.24) is 10.6 Å². The number of aryl methyl sites for hydroxylation is 1. The summed E-state index contributed by atoms with van der Waals surface area (Å²) in [5, 5.41) is 14.3. The molecule has 2 amide bonds. The topological polar surface area (TPSA) is 96.9 Å².